The van der Waals surface area contributed by atoms with E-state index in [-0.39, 0.29) is 6.61 Å². The molecule has 0 saturated carbocycles. The fourth-order valence-corrected chi connectivity index (χ4v) is 5.31. The van der Waals surface area contributed by atoms with Crippen LogP contribution < -0.4 is 0 Å². The van der Waals surface area contributed by atoms with Gasteiger partial charge in [-0.15, -0.1) is 0 Å². The summed E-state index contributed by atoms with van der Waals surface area (Å²) in [6.07, 6.45) is -0.478. The van der Waals surface area contributed by atoms with E-state index in [0.717, 1.165) is 0 Å². The van der Waals surface area contributed by atoms with Gasteiger partial charge >= 0.3 is 0 Å². The molecule has 0 amide bonds. The van der Waals surface area contributed by atoms with Crippen molar-refractivity contribution in [1.29, 1.82) is 0 Å². The maximum atomic E-state index is 14.6. The van der Waals surface area contributed by atoms with Gasteiger partial charge in [0.2, 0.25) is 0 Å². The average molecular weight is 480 g/mol. The van der Waals surface area contributed by atoms with E-state index in [4.69, 9.17) is 42.1 Å². The molecular formula is C22H20Cl2FN3O4. The summed E-state index contributed by atoms with van der Waals surface area (Å²) in [4.78, 5) is 8.43. The van der Waals surface area contributed by atoms with Crippen LogP contribution in [-0.4, -0.2) is 45.2 Å². The van der Waals surface area contributed by atoms with Crippen molar-refractivity contribution in [2.45, 2.75) is 56.5 Å². The number of fused-ring (bicyclic) bond motifs is 3. The van der Waals surface area contributed by atoms with E-state index in [0.29, 0.717) is 32.3 Å². The molecule has 0 unspecified atom stereocenters. The van der Waals surface area contributed by atoms with Gasteiger partial charge in [0.05, 0.1) is 12.0 Å². The highest BCUT2D eigenvalue weighted by molar-refractivity contribution is 6.33. The molecule has 6 atom stereocenters. The van der Waals surface area contributed by atoms with Gasteiger partial charge in [0, 0.05) is 11.2 Å². The summed E-state index contributed by atoms with van der Waals surface area (Å²) in [6, 6.07) is 7.01. The first-order valence-corrected chi connectivity index (χ1v) is 11.1. The second-order valence-electron chi connectivity index (χ2n) is 8.68. The van der Waals surface area contributed by atoms with Crippen molar-refractivity contribution < 1.29 is 23.3 Å². The first-order valence-electron chi connectivity index (χ1n) is 10.4. The minimum absolute atomic E-state index is 0.0839. The minimum Gasteiger partial charge on any atom is -0.367 e. The van der Waals surface area contributed by atoms with Crippen molar-refractivity contribution in [3.05, 3.63) is 58.1 Å². The Morgan fingerprint density at radius 1 is 1.06 bits per heavy atom. The van der Waals surface area contributed by atoms with Crippen LogP contribution in [0.2, 0.25) is 10.2 Å². The number of aromatic nitrogens is 3. The maximum Gasteiger partial charge on any atom is 0.164 e. The van der Waals surface area contributed by atoms with E-state index in [2.05, 4.69) is 9.97 Å². The van der Waals surface area contributed by atoms with Gasteiger partial charge in [-0.05, 0) is 43.2 Å². The van der Waals surface area contributed by atoms with Gasteiger partial charge in [-0.2, -0.15) is 0 Å². The Morgan fingerprint density at radius 3 is 2.72 bits per heavy atom. The Bertz CT molecular complexity index is 1210. The standard InChI is InChI=1S/C22H20Cl2FN3O4/c1-22(2)31-17-16(15-11-4-3-10(23)7-13(11)14(25)8-29-15)30-21(18(17)32-22)28-6-5-12-19(24)26-9-27-20(12)28/h3-7,9,14-18,21H,8H2,1-2H3/t14-,15+,16+,17+,18+,21+/m0/s1. The molecule has 0 N–H and O–H groups in total. The number of ether oxygens (including phenoxy) is 4. The predicted octanol–water partition coefficient (Wildman–Crippen LogP) is 4.94. The van der Waals surface area contributed by atoms with Crippen molar-refractivity contribution in [1.82, 2.24) is 14.5 Å². The van der Waals surface area contributed by atoms with Gasteiger partial charge in [0.15, 0.2) is 12.0 Å². The predicted molar refractivity (Wildman–Crippen MR) is 114 cm³/mol. The number of nitrogens with zero attached hydrogens (tertiary/aromatic N) is 3. The highest BCUT2D eigenvalue weighted by Crippen LogP contribution is 2.50. The van der Waals surface area contributed by atoms with E-state index in [1.807, 2.05) is 30.7 Å². The Balaban J connectivity index is 1.42. The summed E-state index contributed by atoms with van der Waals surface area (Å²) in [7, 11) is 0. The SMILES string of the molecule is CC1(C)O[C@H]2[C@@H](O1)[C@H](n1ccc3c(Cl)ncnc31)O[C@@H]2[C@@H]1OC[C@H](F)c2cc(Cl)ccc21. The van der Waals surface area contributed by atoms with Crippen molar-refractivity contribution in [2.24, 2.45) is 0 Å². The third-order valence-electron chi connectivity index (χ3n) is 6.21. The zero-order valence-corrected chi connectivity index (χ0v) is 18.8. The van der Waals surface area contributed by atoms with Crippen molar-refractivity contribution in [3.63, 3.8) is 0 Å². The highest BCUT2D eigenvalue weighted by Gasteiger charge is 2.59. The largest absolute Gasteiger partial charge is 0.367 e. The molecule has 2 fully saturated rings. The molecule has 32 heavy (non-hydrogen) atoms. The van der Waals surface area contributed by atoms with Crippen LogP contribution in [0.4, 0.5) is 4.39 Å². The van der Waals surface area contributed by atoms with Crippen molar-refractivity contribution in [3.8, 4) is 0 Å². The monoisotopic (exact) mass is 479 g/mol. The lowest BCUT2D eigenvalue weighted by Gasteiger charge is -2.34. The molecule has 2 saturated heterocycles. The van der Waals surface area contributed by atoms with E-state index in [9.17, 15) is 4.39 Å². The molecule has 0 radical (unpaired) electrons. The molecule has 1 aromatic carbocycles. The van der Waals surface area contributed by atoms with Crippen LogP contribution in [0, 0.1) is 0 Å². The molecular weight excluding hydrogens is 460 g/mol. The summed E-state index contributed by atoms with van der Waals surface area (Å²) in [5, 5.41) is 1.55. The lowest BCUT2D eigenvalue weighted by atomic mass is 9.91. The Hall–Kier alpha value is -1.81. The molecule has 3 aromatic rings. The van der Waals surface area contributed by atoms with Crippen LogP contribution in [0.15, 0.2) is 36.8 Å². The van der Waals surface area contributed by atoms with Crippen LogP contribution in [0.5, 0.6) is 0 Å². The van der Waals surface area contributed by atoms with Gasteiger partial charge in [-0.3, -0.25) is 0 Å². The van der Waals surface area contributed by atoms with E-state index in [1.165, 1.54) is 6.33 Å². The van der Waals surface area contributed by atoms with Crippen molar-refractivity contribution >= 4 is 34.2 Å². The number of hydrogen-bond acceptors (Lipinski definition) is 6. The lowest BCUT2D eigenvalue weighted by Crippen LogP contribution is -2.37. The fraction of sp³-hybridized carbons (Fsp3) is 0.455. The number of benzene rings is 1. The molecule has 0 spiro atoms. The summed E-state index contributed by atoms with van der Waals surface area (Å²) < 4.78 is 41.4. The third-order valence-corrected chi connectivity index (χ3v) is 6.75. The zero-order valence-electron chi connectivity index (χ0n) is 17.2. The smallest absolute Gasteiger partial charge is 0.164 e. The maximum absolute atomic E-state index is 14.6. The van der Waals surface area contributed by atoms with Crippen molar-refractivity contribution in [2.75, 3.05) is 6.61 Å². The third kappa shape index (κ3) is 3.16. The van der Waals surface area contributed by atoms with Gasteiger partial charge in [-0.25, -0.2) is 14.4 Å². The molecule has 2 aromatic heterocycles. The summed E-state index contributed by atoms with van der Waals surface area (Å²) >= 11 is 12.4. The van der Waals surface area contributed by atoms with Gasteiger partial charge in [-0.1, -0.05) is 29.3 Å². The van der Waals surface area contributed by atoms with Crippen LogP contribution in [0.3, 0.4) is 0 Å². The second kappa shape index (κ2) is 7.35. The van der Waals surface area contributed by atoms with Crippen LogP contribution in [0.1, 0.15) is 43.5 Å². The summed E-state index contributed by atoms with van der Waals surface area (Å²) in [5.41, 5.74) is 1.85. The molecule has 168 valence electrons. The van der Waals surface area contributed by atoms with Gasteiger partial charge in [0.25, 0.3) is 0 Å². The Kier molecular flexibility index (Phi) is 4.77. The van der Waals surface area contributed by atoms with Crippen LogP contribution in [-0.2, 0) is 18.9 Å². The highest BCUT2D eigenvalue weighted by atomic mass is 35.5. The normalized spacial score (nSPS) is 33.4. The first kappa shape index (κ1) is 20.8. The molecule has 7 nitrogen and oxygen atoms in total. The Morgan fingerprint density at radius 2 is 1.88 bits per heavy atom. The quantitative estimate of drug-likeness (QED) is 0.485. The average Bonchev–Trinajstić information content (AvgIpc) is 3.40. The van der Waals surface area contributed by atoms with Crippen LogP contribution in [0.25, 0.3) is 11.0 Å². The molecule has 3 aliphatic rings. The number of hydrogen-bond donors (Lipinski definition) is 0. The number of halogens is 3. The lowest BCUT2D eigenvalue weighted by molar-refractivity contribution is -0.214. The van der Waals surface area contributed by atoms with Gasteiger partial charge < -0.3 is 23.5 Å². The van der Waals surface area contributed by atoms with E-state index in [1.54, 1.807) is 18.2 Å². The zero-order chi connectivity index (χ0) is 22.2. The van der Waals surface area contributed by atoms with E-state index >= 15 is 0 Å². The summed E-state index contributed by atoms with van der Waals surface area (Å²) in [5.74, 6) is -0.814. The topological polar surface area (TPSA) is 67.6 Å². The Labute approximate surface area is 193 Å². The molecule has 5 heterocycles. The summed E-state index contributed by atoms with van der Waals surface area (Å²) in [6.45, 7) is 3.64. The molecule has 0 aliphatic carbocycles. The second-order valence-corrected chi connectivity index (χ2v) is 9.47. The fourth-order valence-electron chi connectivity index (χ4n) is 4.94. The molecule has 10 heteroatoms. The molecule has 3 aliphatic heterocycles. The first-order chi connectivity index (χ1) is 15.3. The minimum atomic E-state index is -1.25. The molecule has 6 rings (SSSR count). The van der Waals surface area contributed by atoms with Crippen LogP contribution >= 0.6 is 23.2 Å². The number of rotatable bonds is 2. The van der Waals surface area contributed by atoms with Gasteiger partial charge in [0.1, 0.15) is 47.7 Å². The van der Waals surface area contributed by atoms with E-state index < -0.39 is 42.6 Å². The molecule has 0 bridgehead atoms. The number of alkyl halides is 1.